The Hall–Kier alpha value is -0.0800. The highest BCUT2D eigenvalue weighted by Crippen LogP contribution is 2.18. The summed E-state index contributed by atoms with van der Waals surface area (Å²) < 4.78 is 0. The molecule has 0 radical (unpaired) electrons. The lowest BCUT2D eigenvalue weighted by Crippen LogP contribution is -2.45. The second-order valence-electron chi connectivity index (χ2n) is 4.48. The minimum Gasteiger partial charge on any atom is -0.313 e. The first kappa shape index (κ1) is 11.0. The van der Waals surface area contributed by atoms with Crippen LogP contribution >= 0.6 is 0 Å². The Kier molecular flexibility index (Phi) is 4.20. The smallest absolute Gasteiger partial charge is 0.0218 e. The number of nitrogens with one attached hydrogen (secondary N) is 1. The summed E-state index contributed by atoms with van der Waals surface area (Å²) in [6, 6.07) is 1.31. The van der Waals surface area contributed by atoms with Crippen molar-refractivity contribution in [3.05, 3.63) is 0 Å². The molecule has 2 nitrogen and oxygen atoms in total. The molecule has 0 aromatic carbocycles. The van der Waals surface area contributed by atoms with Gasteiger partial charge in [-0.1, -0.05) is 13.8 Å². The zero-order valence-corrected chi connectivity index (χ0v) is 9.51. The molecule has 1 saturated heterocycles. The van der Waals surface area contributed by atoms with E-state index in [-0.39, 0.29) is 0 Å². The van der Waals surface area contributed by atoms with Crippen molar-refractivity contribution >= 4 is 0 Å². The van der Waals surface area contributed by atoms with Crippen molar-refractivity contribution in [3.63, 3.8) is 0 Å². The molecule has 1 N–H and O–H groups in total. The number of nitrogens with zero attached hydrogens (tertiary/aromatic N) is 1. The van der Waals surface area contributed by atoms with Crippen LogP contribution in [0, 0.1) is 5.92 Å². The first-order valence-corrected chi connectivity index (χ1v) is 5.62. The maximum absolute atomic E-state index is 3.50. The van der Waals surface area contributed by atoms with E-state index in [9.17, 15) is 0 Å². The van der Waals surface area contributed by atoms with Gasteiger partial charge in [-0.25, -0.2) is 0 Å². The molecule has 1 fully saturated rings. The van der Waals surface area contributed by atoms with Gasteiger partial charge < -0.3 is 5.32 Å². The van der Waals surface area contributed by atoms with Crippen LogP contribution in [-0.4, -0.2) is 36.6 Å². The summed E-state index contributed by atoms with van der Waals surface area (Å²) in [6.45, 7) is 12.8. The van der Waals surface area contributed by atoms with Gasteiger partial charge in [0.25, 0.3) is 0 Å². The summed E-state index contributed by atoms with van der Waals surface area (Å²) in [5.74, 6) is 0.899. The van der Waals surface area contributed by atoms with E-state index in [0.29, 0.717) is 12.1 Å². The molecule has 78 valence electrons. The number of rotatable bonds is 4. The third-order valence-electron chi connectivity index (χ3n) is 3.28. The van der Waals surface area contributed by atoms with Crippen molar-refractivity contribution < 1.29 is 0 Å². The van der Waals surface area contributed by atoms with Crippen LogP contribution in [0.1, 0.15) is 34.1 Å². The van der Waals surface area contributed by atoms with Crippen LogP contribution in [0.25, 0.3) is 0 Å². The van der Waals surface area contributed by atoms with Gasteiger partial charge in [-0.15, -0.1) is 0 Å². The Labute approximate surface area is 82.7 Å². The summed E-state index contributed by atoms with van der Waals surface area (Å²) in [7, 11) is 0. The van der Waals surface area contributed by atoms with Crippen LogP contribution in [0.2, 0.25) is 0 Å². The van der Waals surface area contributed by atoms with Crippen molar-refractivity contribution in [1.82, 2.24) is 10.2 Å². The second kappa shape index (κ2) is 4.97. The van der Waals surface area contributed by atoms with Gasteiger partial charge in [-0.3, -0.25) is 4.90 Å². The summed E-state index contributed by atoms with van der Waals surface area (Å²) >= 11 is 0. The Balaban J connectivity index is 2.33. The Morgan fingerprint density at radius 1 is 1.46 bits per heavy atom. The molecule has 0 aliphatic carbocycles. The number of likely N-dealkylation sites (tertiary alicyclic amines) is 1. The molecule has 1 aliphatic heterocycles. The van der Waals surface area contributed by atoms with E-state index >= 15 is 0 Å². The lowest BCUT2D eigenvalue weighted by Gasteiger charge is -2.30. The van der Waals surface area contributed by atoms with Crippen LogP contribution in [0.15, 0.2) is 0 Å². The quantitative estimate of drug-likeness (QED) is 0.715. The topological polar surface area (TPSA) is 15.3 Å². The molecular formula is C11H24N2. The normalized spacial score (nSPS) is 29.1. The Morgan fingerprint density at radius 2 is 2.15 bits per heavy atom. The van der Waals surface area contributed by atoms with E-state index in [1.54, 1.807) is 0 Å². The molecule has 3 atom stereocenters. The maximum atomic E-state index is 3.50. The van der Waals surface area contributed by atoms with Gasteiger partial charge in [0.05, 0.1) is 0 Å². The van der Waals surface area contributed by atoms with Crippen LogP contribution in [-0.2, 0) is 0 Å². The molecule has 0 saturated carbocycles. The van der Waals surface area contributed by atoms with Crippen molar-refractivity contribution in [3.8, 4) is 0 Å². The van der Waals surface area contributed by atoms with Crippen molar-refractivity contribution in [2.75, 3.05) is 19.6 Å². The molecule has 0 aromatic rings. The van der Waals surface area contributed by atoms with Gasteiger partial charge >= 0.3 is 0 Å². The van der Waals surface area contributed by atoms with E-state index in [0.717, 1.165) is 12.5 Å². The van der Waals surface area contributed by atoms with Crippen LogP contribution < -0.4 is 5.32 Å². The predicted molar refractivity (Wildman–Crippen MR) is 58.0 cm³/mol. The number of hydrogen-bond donors (Lipinski definition) is 1. The zero-order chi connectivity index (χ0) is 9.84. The minimum atomic E-state index is 0.621. The molecule has 0 spiro atoms. The molecule has 13 heavy (non-hydrogen) atoms. The fourth-order valence-corrected chi connectivity index (χ4v) is 2.15. The molecule has 0 amide bonds. The van der Waals surface area contributed by atoms with E-state index in [1.807, 2.05) is 0 Å². The summed E-state index contributed by atoms with van der Waals surface area (Å²) in [6.07, 6.45) is 1.38. The molecule has 3 unspecified atom stereocenters. The standard InChI is InChI=1S/C11H24N2/c1-5-12-10(3)11(4)13-7-6-9(2)8-13/h9-12H,5-8H2,1-4H3. The minimum absolute atomic E-state index is 0.621. The van der Waals surface area contributed by atoms with Crippen LogP contribution in [0.5, 0.6) is 0 Å². The molecule has 1 rings (SSSR count). The van der Waals surface area contributed by atoms with Crippen molar-refractivity contribution in [2.45, 2.75) is 46.2 Å². The van der Waals surface area contributed by atoms with Gasteiger partial charge in [-0.05, 0) is 39.3 Å². The van der Waals surface area contributed by atoms with E-state index < -0.39 is 0 Å². The number of likely N-dealkylation sites (N-methyl/N-ethyl adjacent to an activating group) is 1. The van der Waals surface area contributed by atoms with E-state index in [2.05, 4.69) is 37.9 Å². The molecule has 1 aliphatic rings. The van der Waals surface area contributed by atoms with Gasteiger partial charge in [0.1, 0.15) is 0 Å². The highest BCUT2D eigenvalue weighted by atomic mass is 15.2. The second-order valence-corrected chi connectivity index (χ2v) is 4.48. The monoisotopic (exact) mass is 184 g/mol. The van der Waals surface area contributed by atoms with Crippen LogP contribution in [0.4, 0.5) is 0 Å². The Morgan fingerprint density at radius 3 is 2.62 bits per heavy atom. The molecule has 0 bridgehead atoms. The highest BCUT2D eigenvalue weighted by Gasteiger charge is 2.25. The third-order valence-corrected chi connectivity index (χ3v) is 3.28. The first-order chi connectivity index (χ1) is 6.15. The lowest BCUT2D eigenvalue weighted by atomic mass is 10.1. The van der Waals surface area contributed by atoms with Crippen molar-refractivity contribution in [1.29, 1.82) is 0 Å². The van der Waals surface area contributed by atoms with E-state index in [4.69, 9.17) is 0 Å². The largest absolute Gasteiger partial charge is 0.313 e. The first-order valence-electron chi connectivity index (χ1n) is 5.62. The molecule has 1 heterocycles. The fourth-order valence-electron chi connectivity index (χ4n) is 2.15. The summed E-state index contributed by atoms with van der Waals surface area (Å²) in [5, 5.41) is 3.50. The molecule has 0 aromatic heterocycles. The predicted octanol–water partition coefficient (Wildman–Crippen LogP) is 1.71. The average Bonchev–Trinajstić information content (AvgIpc) is 2.51. The Bertz CT molecular complexity index is 147. The van der Waals surface area contributed by atoms with Gasteiger partial charge in [-0.2, -0.15) is 0 Å². The van der Waals surface area contributed by atoms with Crippen LogP contribution in [0.3, 0.4) is 0 Å². The van der Waals surface area contributed by atoms with Gasteiger partial charge in [0.2, 0.25) is 0 Å². The maximum Gasteiger partial charge on any atom is 0.0218 e. The lowest BCUT2D eigenvalue weighted by molar-refractivity contribution is 0.209. The van der Waals surface area contributed by atoms with Gasteiger partial charge in [0.15, 0.2) is 0 Å². The van der Waals surface area contributed by atoms with Crippen molar-refractivity contribution in [2.24, 2.45) is 5.92 Å². The molecule has 2 heteroatoms. The SMILES string of the molecule is CCNC(C)C(C)N1CCC(C)C1. The molecular weight excluding hydrogens is 160 g/mol. The summed E-state index contributed by atoms with van der Waals surface area (Å²) in [5.41, 5.74) is 0. The summed E-state index contributed by atoms with van der Waals surface area (Å²) in [4.78, 5) is 2.61. The van der Waals surface area contributed by atoms with Gasteiger partial charge in [0, 0.05) is 18.6 Å². The zero-order valence-electron chi connectivity index (χ0n) is 9.51. The number of hydrogen-bond acceptors (Lipinski definition) is 2. The third kappa shape index (κ3) is 2.96. The van der Waals surface area contributed by atoms with E-state index in [1.165, 1.54) is 19.5 Å². The fraction of sp³-hybridized carbons (Fsp3) is 1.00. The average molecular weight is 184 g/mol. The highest BCUT2D eigenvalue weighted by molar-refractivity contribution is 4.82.